The Morgan fingerprint density at radius 1 is 0.682 bits per heavy atom. The molecule has 0 aliphatic heterocycles. The summed E-state index contributed by atoms with van der Waals surface area (Å²) < 4.78 is 10.5. The van der Waals surface area contributed by atoms with E-state index in [1.54, 1.807) is 64.3 Å². The molecular weight excluding hydrogens is 865 g/mol. The minimum atomic E-state index is -2.72. The first-order valence-corrected chi connectivity index (χ1v) is 21.0. The van der Waals surface area contributed by atoms with Crippen LogP contribution < -0.4 is 11.5 Å². The highest BCUT2D eigenvalue weighted by Gasteiger charge is 2.66. The van der Waals surface area contributed by atoms with E-state index in [0.29, 0.717) is 17.5 Å². The largest absolute Gasteiger partial charge is 0.508 e. The molecule has 0 spiro atoms. The second-order valence-electron chi connectivity index (χ2n) is 17.6. The molecule has 0 saturated heterocycles. The molecule has 8 rings (SSSR count). The van der Waals surface area contributed by atoms with E-state index in [4.69, 9.17) is 20.9 Å². The number of carbonyl (C=O) groups is 7. The van der Waals surface area contributed by atoms with Crippen molar-refractivity contribution >= 4 is 52.4 Å². The van der Waals surface area contributed by atoms with Crippen LogP contribution in [0.3, 0.4) is 0 Å². The zero-order valence-corrected chi connectivity index (χ0v) is 36.5. The number of amides is 2. The number of phenols is 2. The summed E-state index contributed by atoms with van der Waals surface area (Å²) in [6, 6.07) is 7.32. The van der Waals surface area contributed by atoms with Crippen LogP contribution in [-0.2, 0) is 55.9 Å². The van der Waals surface area contributed by atoms with E-state index in [9.17, 15) is 69.3 Å². The molecule has 20 nitrogen and oxygen atoms in total. The maximum Gasteiger partial charge on any atom is 0.344 e. The van der Waals surface area contributed by atoms with Crippen molar-refractivity contribution in [3.63, 3.8) is 0 Å². The van der Waals surface area contributed by atoms with Crippen molar-refractivity contribution in [2.75, 3.05) is 41.4 Å². The number of aromatic hydroxyl groups is 2. The number of benzene rings is 2. The Balaban J connectivity index is 0.000000199. The number of ether oxygens (including phenoxy) is 2. The van der Waals surface area contributed by atoms with Crippen LogP contribution in [-0.4, -0.2) is 151 Å². The third-order valence-electron chi connectivity index (χ3n) is 13.5. The summed E-state index contributed by atoms with van der Waals surface area (Å²) in [4.78, 5) is 93.0. The number of Topliss-reactive ketones (excluding diaryl/α,β-unsaturated/α-hetero) is 4. The Hall–Kier alpha value is -6.87. The minimum Gasteiger partial charge on any atom is -0.508 e. The van der Waals surface area contributed by atoms with Crippen molar-refractivity contribution in [2.45, 2.75) is 55.9 Å². The predicted octanol–water partition coefficient (Wildman–Crippen LogP) is -0.0503. The van der Waals surface area contributed by atoms with Gasteiger partial charge in [0.25, 0.3) is 11.8 Å². The molecule has 8 atom stereocenters. The van der Waals surface area contributed by atoms with Crippen molar-refractivity contribution in [1.29, 1.82) is 0 Å². The number of fused-ring (bicyclic) bond motifs is 6. The van der Waals surface area contributed by atoms with E-state index in [-0.39, 0.29) is 65.4 Å². The summed E-state index contributed by atoms with van der Waals surface area (Å²) in [6.45, 7) is 1.09. The zero-order valence-electron chi connectivity index (χ0n) is 36.5. The van der Waals surface area contributed by atoms with E-state index < -0.39 is 123 Å². The fraction of sp³-hybridized carbons (Fsp3) is 0.413. The molecule has 6 aliphatic carbocycles. The molecule has 0 unspecified atom stereocenters. The third-order valence-corrected chi connectivity index (χ3v) is 13.5. The Bertz CT molecular complexity index is 2660. The molecular formula is C46H50N4O16. The molecule has 350 valence electrons. The monoisotopic (exact) mass is 914 g/mol. The Kier molecular flexibility index (Phi) is 12.0. The van der Waals surface area contributed by atoms with E-state index in [1.165, 1.54) is 17.0 Å². The van der Waals surface area contributed by atoms with Crippen molar-refractivity contribution < 1.29 is 78.8 Å². The van der Waals surface area contributed by atoms with Crippen molar-refractivity contribution in [2.24, 2.45) is 35.1 Å². The summed E-state index contributed by atoms with van der Waals surface area (Å²) >= 11 is 0. The molecule has 2 amide bonds. The average Bonchev–Trinajstić information content (AvgIpc) is 3.22. The predicted molar refractivity (Wildman–Crippen MR) is 228 cm³/mol. The molecule has 0 radical (unpaired) electrons. The Labute approximate surface area is 376 Å². The minimum absolute atomic E-state index is 0.0592. The summed E-state index contributed by atoms with van der Waals surface area (Å²) in [5.41, 5.74) is 4.93. The van der Waals surface area contributed by atoms with Gasteiger partial charge in [-0.15, -0.1) is 0 Å². The number of rotatable bonds is 8. The van der Waals surface area contributed by atoms with Gasteiger partial charge >= 0.3 is 5.97 Å². The van der Waals surface area contributed by atoms with Gasteiger partial charge in [0.1, 0.15) is 45.7 Å². The van der Waals surface area contributed by atoms with Crippen LogP contribution in [0.4, 0.5) is 0 Å². The van der Waals surface area contributed by atoms with Crippen LogP contribution in [0.1, 0.15) is 42.0 Å². The highest BCUT2D eigenvalue weighted by atomic mass is 16.6. The van der Waals surface area contributed by atoms with Gasteiger partial charge in [0.15, 0.2) is 23.6 Å². The van der Waals surface area contributed by atoms with Crippen molar-refractivity contribution in [3.05, 3.63) is 92.5 Å². The number of carbonyl (C=O) groups excluding carboxylic acids is 7. The average molecular weight is 915 g/mol. The van der Waals surface area contributed by atoms with Crippen molar-refractivity contribution in [3.8, 4) is 11.5 Å². The molecule has 11 N–H and O–H groups in total. The van der Waals surface area contributed by atoms with Crippen LogP contribution in [0.5, 0.6) is 11.5 Å². The van der Waals surface area contributed by atoms with Gasteiger partial charge in [-0.3, -0.25) is 38.6 Å². The van der Waals surface area contributed by atoms with Crippen LogP contribution in [0, 0.1) is 23.7 Å². The SMILES string of the molecule is CCOC(=O)COC1=C(C(N)=O)C(=O)[C@@]2(O)C(=O)C3=C(O)c4c(O)cccc4C[C@H]3C[C@H]2[C@@H]1N(C)C.CN(C)[C@@H]1C(=O)C(C(N)=O)=C(O)[C@@]2(O)C(=O)C3=C(O)c4c(O)cccc4C[C@H]3C[C@@H]12. The maximum atomic E-state index is 13.8. The lowest BCUT2D eigenvalue weighted by molar-refractivity contribution is -0.164. The van der Waals surface area contributed by atoms with Gasteiger partial charge < -0.3 is 56.7 Å². The lowest BCUT2D eigenvalue weighted by atomic mass is 9.57. The first-order valence-electron chi connectivity index (χ1n) is 21.0. The maximum absolute atomic E-state index is 13.8. The highest BCUT2D eigenvalue weighted by molar-refractivity contribution is 6.33. The number of ketones is 4. The quantitative estimate of drug-likeness (QED) is 0.0952. The number of esters is 1. The number of nitrogens with zero attached hydrogens (tertiary/aromatic N) is 2. The molecule has 2 aromatic carbocycles. The number of aliphatic hydroxyl groups excluding tert-OH is 3. The summed E-state index contributed by atoms with van der Waals surface area (Å²) in [5.74, 6) is -13.4. The normalized spacial score (nSPS) is 29.0. The molecule has 0 heterocycles. The van der Waals surface area contributed by atoms with Gasteiger partial charge in [-0.2, -0.15) is 0 Å². The van der Waals surface area contributed by atoms with Crippen LogP contribution in [0.2, 0.25) is 0 Å². The van der Waals surface area contributed by atoms with Crippen molar-refractivity contribution in [1.82, 2.24) is 9.80 Å². The number of aliphatic hydroxyl groups is 5. The van der Waals surface area contributed by atoms with E-state index >= 15 is 0 Å². The lowest BCUT2D eigenvalue weighted by Gasteiger charge is -2.50. The number of nitrogens with two attached hydrogens (primary N) is 2. The van der Waals surface area contributed by atoms with E-state index in [1.807, 2.05) is 0 Å². The molecule has 2 fully saturated rings. The lowest BCUT2D eigenvalue weighted by Crippen LogP contribution is -2.67. The Morgan fingerprint density at radius 2 is 1.14 bits per heavy atom. The molecule has 2 saturated carbocycles. The standard InChI is InChI=1S/C25H28N2O9.C21H22N2O7/c1-4-35-15(29)10-36-21-18(24(26)33)23(32)25(34)13(19(21)27(2)3)9-12-8-11-6-5-7-14(28)16(11)20(30)17(12)22(25)31;1-23(2)15-10-7-9-6-8-4-3-5-11(24)12(8)16(25)13(9)18(27)21(10,30)19(28)14(17(15)26)20(22)29/h5-7,12-13,19,28,30,34H,4,8-10H2,1-3H3,(H2,26,33);3-5,9-10,15,24-25,28,30H,6-7H2,1-2H3,(H2,22,29)/t12-,13-,19-,25-;9-,10-,15-,21-/m00/s1. The number of hydrogen-bond donors (Lipinski definition) is 9. The van der Waals surface area contributed by atoms with Gasteiger partial charge in [0, 0.05) is 23.0 Å². The third kappa shape index (κ3) is 6.93. The fourth-order valence-corrected chi connectivity index (χ4v) is 10.8. The topological polar surface area (TPSA) is 338 Å². The fourth-order valence-electron chi connectivity index (χ4n) is 10.8. The first kappa shape index (κ1) is 47.1. The van der Waals surface area contributed by atoms with Crippen LogP contribution in [0.25, 0.3) is 11.5 Å². The number of primary amides is 2. The van der Waals surface area contributed by atoms with Gasteiger partial charge in [0.05, 0.1) is 29.8 Å². The summed E-state index contributed by atoms with van der Waals surface area (Å²) in [6.07, 6.45) is 0.704. The van der Waals surface area contributed by atoms with Gasteiger partial charge in [-0.1, -0.05) is 24.3 Å². The van der Waals surface area contributed by atoms with Crippen LogP contribution >= 0.6 is 0 Å². The molecule has 0 bridgehead atoms. The molecule has 66 heavy (non-hydrogen) atoms. The molecule has 20 heteroatoms. The second kappa shape index (κ2) is 16.8. The van der Waals surface area contributed by atoms with Crippen LogP contribution in [0.15, 0.2) is 70.2 Å². The Morgan fingerprint density at radius 3 is 1.58 bits per heavy atom. The van der Waals surface area contributed by atoms with Gasteiger partial charge in [-0.25, -0.2) is 4.79 Å². The number of phenolic OH excluding ortho intramolecular Hbond substituents is 2. The number of likely N-dealkylation sites (N-methyl/N-ethyl adjacent to an activating group) is 2. The van der Waals surface area contributed by atoms with Gasteiger partial charge in [-0.05, 0) is 95.9 Å². The van der Waals surface area contributed by atoms with E-state index in [2.05, 4.69) is 0 Å². The molecule has 2 aromatic rings. The van der Waals surface area contributed by atoms with E-state index in [0.717, 1.165) is 0 Å². The highest BCUT2D eigenvalue weighted by Crippen LogP contribution is 2.54. The summed E-state index contributed by atoms with van der Waals surface area (Å²) in [7, 11) is 6.33. The molecule has 0 aromatic heterocycles. The van der Waals surface area contributed by atoms with Gasteiger partial charge in [0.2, 0.25) is 17.3 Å². The zero-order chi connectivity index (χ0) is 48.6. The second-order valence-corrected chi connectivity index (χ2v) is 17.6. The number of hydrogen-bond acceptors (Lipinski definition) is 18. The summed E-state index contributed by atoms with van der Waals surface area (Å²) in [5, 5.41) is 76.1. The smallest absolute Gasteiger partial charge is 0.344 e. The first-order chi connectivity index (χ1) is 31.0. The molecule has 6 aliphatic rings.